The van der Waals surface area contributed by atoms with Gasteiger partial charge in [-0.2, -0.15) is 5.10 Å². The Balaban J connectivity index is 1.49. The molecule has 1 N–H and O–H groups in total. The molecule has 0 bridgehead atoms. The minimum absolute atomic E-state index is 0.0492. The number of benzene rings is 2. The number of rotatable bonds is 5. The molecule has 0 radical (unpaired) electrons. The lowest BCUT2D eigenvalue weighted by atomic mass is 9.87. The molecule has 4 rings (SSSR count). The lowest BCUT2D eigenvalue weighted by molar-refractivity contribution is -0.130. The molecule has 1 amide bonds. The number of carbonyl (C=O) groups excluding carboxylic acids is 1. The van der Waals surface area contributed by atoms with Crippen LogP contribution in [0.1, 0.15) is 30.0 Å². The molecule has 6 heteroatoms. The van der Waals surface area contributed by atoms with Crippen LogP contribution in [0.25, 0.3) is 5.69 Å². The third kappa shape index (κ3) is 3.76. The summed E-state index contributed by atoms with van der Waals surface area (Å²) >= 11 is 6.17. The highest BCUT2D eigenvalue weighted by molar-refractivity contribution is 6.31. The van der Waals surface area contributed by atoms with Crippen molar-refractivity contribution in [3.05, 3.63) is 77.1 Å². The van der Waals surface area contributed by atoms with E-state index in [1.54, 1.807) is 10.9 Å². The van der Waals surface area contributed by atoms with Crippen molar-refractivity contribution in [3.8, 4) is 5.69 Å². The van der Waals surface area contributed by atoms with Crippen LogP contribution in [0, 0.1) is 0 Å². The quantitative estimate of drug-likeness (QED) is 0.694. The van der Waals surface area contributed by atoms with Gasteiger partial charge in [-0.05, 0) is 54.7 Å². The second-order valence-electron chi connectivity index (χ2n) is 7.08. The second kappa shape index (κ2) is 8.07. The van der Waals surface area contributed by atoms with Crippen LogP contribution in [-0.4, -0.2) is 34.2 Å². The van der Waals surface area contributed by atoms with Crippen molar-refractivity contribution >= 4 is 23.2 Å². The van der Waals surface area contributed by atoms with E-state index in [0.29, 0.717) is 5.02 Å². The molecule has 1 atom stereocenters. The summed E-state index contributed by atoms with van der Waals surface area (Å²) in [7, 11) is 1.89. The van der Waals surface area contributed by atoms with E-state index in [4.69, 9.17) is 11.6 Å². The van der Waals surface area contributed by atoms with Crippen molar-refractivity contribution in [1.29, 1.82) is 0 Å². The minimum atomic E-state index is 0.0492. The normalized spacial score (nSPS) is 15.7. The van der Waals surface area contributed by atoms with Crippen LogP contribution >= 0.6 is 11.6 Å². The standard InChI is InChI=1S/C22H23ClN4O/c1-26(20-9-4-7-16-6-2-3-8-18(16)20)22(28)15-24-19-14-17(23)10-11-21(19)27-13-5-12-25-27/h2-3,5-6,8,10-14,20,24H,4,7,9,15H2,1H3. The predicted molar refractivity (Wildman–Crippen MR) is 112 cm³/mol. The fourth-order valence-corrected chi connectivity index (χ4v) is 4.03. The summed E-state index contributed by atoms with van der Waals surface area (Å²) in [6, 6.07) is 15.9. The maximum Gasteiger partial charge on any atom is 0.242 e. The molecular weight excluding hydrogens is 372 g/mol. The van der Waals surface area contributed by atoms with Gasteiger partial charge in [0.2, 0.25) is 5.91 Å². The molecule has 0 aliphatic heterocycles. The summed E-state index contributed by atoms with van der Waals surface area (Å²) in [5.74, 6) is 0.0492. The molecule has 1 aliphatic rings. The lowest BCUT2D eigenvalue weighted by Gasteiger charge is -2.33. The van der Waals surface area contributed by atoms with Crippen molar-refractivity contribution in [3.63, 3.8) is 0 Å². The number of hydrogen-bond acceptors (Lipinski definition) is 3. The van der Waals surface area contributed by atoms with Crippen molar-refractivity contribution in [2.45, 2.75) is 25.3 Å². The van der Waals surface area contributed by atoms with Crippen molar-refractivity contribution in [2.24, 2.45) is 0 Å². The van der Waals surface area contributed by atoms with E-state index < -0.39 is 0 Å². The molecule has 0 saturated heterocycles. The molecule has 3 aromatic rings. The number of fused-ring (bicyclic) bond motifs is 1. The van der Waals surface area contributed by atoms with Gasteiger partial charge >= 0.3 is 0 Å². The molecule has 28 heavy (non-hydrogen) atoms. The zero-order valence-corrected chi connectivity index (χ0v) is 16.6. The molecule has 5 nitrogen and oxygen atoms in total. The Morgan fingerprint density at radius 3 is 2.96 bits per heavy atom. The SMILES string of the molecule is CN(C(=O)CNc1cc(Cl)ccc1-n1cccn1)C1CCCc2ccccc21. The molecule has 0 fully saturated rings. The molecule has 0 spiro atoms. The first kappa shape index (κ1) is 18.6. The molecule has 1 aliphatic carbocycles. The third-order valence-corrected chi connectivity index (χ3v) is 5.57. The molecule has 1 unspecified atom stereocenters. The van der Waals surface area contributed by atoms with E-state index in [0.717, 1.165) is 30.6 Å². The fraction of sp³-hybridized carbons (Fsp3) is 0.273. The van der Waals surface area contributed by atoms with E-state index in [2.05, 4.69) is 34.7 Å². The predicted octanol–water partition coefficient (Wildman–Crippen LogP) is 4.47. The van der Waals surface area contributed by atoms with Crippen LogP contribution in [0.15, 0.2) is 60.9 Å². The largest absolute Gasteiger partial charge is 0.374 e. The van der Waals surface area contributed by atoms with Crippen LogP contribution in [0.4, 0.5) is 5.69 Å². The Hall–Kier alpha value is -2.79. The summed E-state index contributed by atoms with van der Waals surface area (Å²) in [6.07, 6.45) is 6.77. The first-order valence-corrected chi connectivity index (χ1v) is 9.88. The Morgan fingerprint density at radius 1 is 1.29 bits per heavy atom. The number of nitrogens with one attached hydrogen (secondary N) is 1. The van der Waals surface area contributed by atoms with Crippen molar-refractivity contribution in [1.82, 2.24) is 14.7 Å². The zero-order valence-electron chi connectivity index (χ0n) is 15.8. The molecule has 1 heterocycles. The number of anilines is 1. The average molecular weight is 395 g/mol. The number of aryl methyl sites for hydroxylation is 1. The van der Waals surface area contributed by atoms with Gasteiger partial charge in [-0.25, -0.2) is 4.68 Å². The number of amides is 1. The maximum absolute atomic E-state index is 12.9. The van der Waals surface area contributed by atoms with Crippen molar-refractivity contribution < 1.29 is 4.79 Å². The monoisotopic (exact) mass is 394 g/mol. The summed E-state index contributed by atoms with van der Waals surface area (Å²) in [5, 5.41) is 8.14. The Bertz CT molecular complexity index is 970. The molecule has 0 saturated carbocycles. The van der Waals surface area contributed by atoms with Crippen LogP contribution in [0.5, 0.6) is 0 Å². The van der Waals surface area contributed by atoms with Crippen LogP contribution in [-0.2, 0) is 11.2 Å². The van der Waals surface area contributed by atoms with E-state index >= 15 is 0 Å². The zero-order chi connectivity index (χ0) is 19.5. The van der Waals surface area contributed by atoms with E-state index in [9.17, 15) is 4.79 Å². The van der Waals surface area contributed by atoms with Gasteiger partial charge in [0.25, 0.3) is 0 Å². The minimum Gasteiger partial charge on any atom is -0.374 e. The number of halogens is 1. The highest BCUT2D eigenvalue weighted by atomic mass is 35.5. The Kier molecular flexibility index (Phi) is 5.35. The number of aromatic nitrogens is 2. The molecular formula is C22H23ClN4O. The number of nitrogens with zero attached hydrogens (tertiary/aromatic N) is 3. The van der Waals surface area contributed by atoms with Crippen LogP contribution in [0.2, 0.25) is 5.02 Å². The first-order valence-electron chi connectivity index (χ1n) is 9.50. The average Bonchev–Trinajstić information content (AvgIpc) is 3.25. The van der Waals surface area contributed by atoms with Gasteiger partial charge in [-0.15, -0.1) is 0 Å². The number of hydrogen-bond donors (Lipinski definition) is 1. The van der Waals surface area contributed by atoms with Gasteiger partial charge in [0.05, 0.1) is 24.0 Å². The first-order chi connectivity index (χ1) is 13.6. The topological polar surface area (TPSA) is 50.2 Å². The Morgan fingerprint density at radius 2 is 2.14 bits per heavy atom. The molecule has 144 valence electrons. The molecule has 2 aromatic carbocycles. The van der Waals surface area contributed by atoms with Gasteiger partial charge in [-0.1, -0.05) is 35.9 Å². The van der Waals surface area contributed by atoms with Crippen molar-refractivity contribution in [2.75, 3.05) is 18.9 Å². The van der Waals surface area contributed by atoms with E-state index in [1.807, 2.05) is 42.4 Å². The highest BCUT2D eigenvalue weighted by Crippen LogP contribution is 2.33. The van der Waals surface area contributed by atoms with Gasteiger partial charge in [0.1, 0.15) is 0 Å². The maximum atomic E-state index is 12.9. The third-order valence-electron chi connectivity index (χ3n) is 5.34. The Labute approximate surface area is 169 Å². The van der Waals surface area contributed by atoms with E-state index in [1.165, 1.54) is 11.1 Å². The van der Waals surface area contributed by atoms with Crippen LogP contribution < -0.4 is 5.32 Å². The summed E-state index contributed by atoms with van der Waals surface area (Å²) in [4.78, 5) is 14.8. The smallest absolute Gasteiger partial charge is 0.242 e. The van der Waals surface area contributed by atoms with Crippen LogP contribution in [0.3, 0.4) is 0 Å². The van der Waals surface area contributed by atoms with E-state index in [-0.39, 0.29) is 18.5 Å². The highest BCUT2D eigenvalue weighted by Gasteiger charge is 2.26. The lowest BCUT2D eigenvalue weighted by Crippen LogP contribution is -2.37. The summed E-state index contributed by atoms with van der Waals surface area (Å²) < 4.78 is 1.75. The molecule has 1 aromatic heterocycles. The second-order valence-corrected chi connectivity index (χ2v) is 7.51. The van der Waals surface area contributed by atoms with Gasteiger partial charge < -0.3 is 10.2 Å². The summed E-state index contributed by atoms with van der Waals surface area (Å²) in [5.41, 5.74) is 4.25. The van der Waals surface area contributed by atoms with Gasteiger partial charge in [0, 0.05) is 24.5 Å². The van der Waals surface area contributed by atoms with Gasteiger partial charge in [0.15, 0.2) is 0 Å². The fourth-order valence-electron chi connectivity index (χ4n) is 3.86. The number of likely N-dealkylation sites (N-methyl/N-ethyl adjacent to an activating group) is 1. The number of carbonyl (C=O) groups is 1. The van der Waals surface area contributed by atoms with Gasteiger partial charge in [-0.3, -0.25) is 4.79 Å². The summed E-state index contributed by atoms with van der Waals surface area (Å²) in [6.45, 7) is 0.198.